The number of benzene rings is 1. The summed E-state index contributed by atoms with van der Waals surface area (Å²) in [5.74, 6) is 0.0724. The molecule has 1 aliphatic rings. The zero-order valence-electron chi connectivity index (χ0n) is 11.4. The number of carbonyl (C=O) groups is 2. The van der Waals surface area contributed by atoms with Gasteiger partial charge in [-0.25, -0.2) is 0 Å². The first-order valence-corrected chi connectivity index (χ1v) is 7.60. The summed E-state index contributed by atoms with van der Waals surface area (Å²) < 4.78 is 0. The molecule has 1 atom stereocenters. The summed E-state index contributed by atoms with van der Waals surface area (Å²) in [6.07, 6.45) is 0.167. The van der Waals surface area contributed by atoms with Gasteiger partial charge >= 0.3 is 0 Å². The Kier molecular flexibility index (Phi) is 5.77. The molecule has 0 spiro atoms. The Hall–Kier alpha value is -1.86. The van der Waals surface area contributed by atoms with E-state index >= 15 is 0 Å². The van der Waals surface area contributed by atoms with Crippen LogP contribution in [-0.4, -0.2) is 47.0 Å². The number of nitrogens with one attached hydrogen (secondary N) is 2. The molecule has 6 nitrogen and oxygen atoms in total. The molecule has 0 aliphatic carbocycles. The predicted octanol–water partition coefficient (Wildman–Crippen LogP) is -0.0748. The van der Waals surface area contributed by atoms with Gasteiger partial charge in [-0.3, -0.25) is 14.6 Å². The molecule has 1 aromatic rings. The van der Waals surface area contributed by atoms with Crippen LogP contribution in [-0.2, 0) is 16.0 Å². The Morgan fingerprint density at radius 1 is 1.33 bits per heavy atom. The van der Waals surface area contributed by atoms with Crippen molar-refractivity contribution in [1.29, 1.82) is 0 Å². The molecule has 0 unspecified atom stereocenters. The smallest absolute Gasteiger partial charge is 0.250 e. The van der Waals surface area contributed by atoms with Crippen LogP contribution in [0.3, 0.4) is 0 Å². The van der Waals surface area contributed by atoms with Gasteiger partial charge in [-0.15, -0.1) is 0 Å². The molecule has 2 rings (SSSR count). The summed E-state index contributed by atoms with van der Waals surface area (Å²) in [6, 6.07) is 8.24. The number of aliphatic hydroxyl groups excluding tert-OH is 1. The molecule has 112 valence electrons. The minimum Gasteiger partial charge on any atom is -0.394 e. The summed E-state index contributed by atoms with van der Waals surface area (Å²) in [4.78, 5) is 27.9. The number of nitrogens with zero attached hydrogens (tertiary/aromatic N) is 1. The van der Waals surface area contributed by atoms with Crippen molar-refractivity contribution in [2.75, 3.05) is 18.9 Å². The van der Waals surface area contributed by atoms with E-state index < -0.39 is 18.6 Å². The summed E-state index contributed by atoms with van der Waals surface area (Å²) in [5.41, 5.74) is 0.850. The number of hydrogen-bond donors (Lipinski definition) is 3. The van der Waals surface area contributed by atoms with Crippen LogP contribution in [0.2, 0.25) is 0 Å². The predicted molar refractivity (Wildman–Crippen MR) is 82.1 cm³/mol. The van der Waals surface area contributed by atoms with Crippen molar-refractivity contribution in [2.45, 2.75) is 12.5 Å². The highest BCUT2D eigenvalue weighted by atomic mass is 32.2. The summed E-state index contributed by atoms with van der Waals surface area (Å²) >= 11 is 1.44. The number of hydrogen-bond acceptors (Lipinski definition) is 5. The number of aliphatic imine (C=N–C) groups is 1. The van der Waals surface area contributed by atoms with Crippen molar-refractivity contribution in [3.63, 3.8) is 0 Å². The first-order valence-electron chi connectivity index (χ1n) is 6.61. The Balaban J connectivity index is 1.86. The van der Waals surface area contributed by atoms with E-state index in [1.165, 1.54) is 11.8 Å². The van der Waals surface area contributed by atoms with Crippen LogP contribution in [0.15, 0.2) is 35.3 Å². The van der Waals surface area contributed by atoms with E-state index in [-0.39, 0.29) is 12.3 Å². The Labute approximate surface area is 127 Å². The van der Waals surface area contributed by atoms with Gasteiger partial charge in [-0.05, 0) is 5.56 Å². The summed E-state index contributed by atoms with van der Waals surface area (Å²) in [7, 11) is 0. The van der Waals surface area contributed by atoms with Gasteiger partial charge < -0.3 is 15.7 Å². The van der Waals surface area contributed by atoms with Crippen molar-refractivity contribution in [2.24, 2.45) is 4.99 Å². The minimum atomic E-state index is -0.967. The fourth-order valence-electron chi connectivity index (χ4n) is 1.82. The van der Waals surface area contributed by atoms with Crippen LogP contribution in [0.5, 0.6) is 0 Å². The van der Waals surface area contributed by atoms with E-state index in [0.29, 0.717) is 11.7 Å². The van der Waals surface area contributed by atoms with Gasteiger partial charge in [0.05, 0.1) is 19.6 Å². The average molecular weight is 307 g/mol. The van der Waals surface area contributed by atoms with Gasteiger partial charge in [-0.1, -0.05) is 42.1 Å². The zero-order chi connectivity index (χ0) is 15.1. The van der Waals surface area contributed by atoms with Gasteiger partial charge in [0.2, 0.25) is 5.91 Å². The third-order valence-electron chi connectivity index (χ3n) is 2.86. The van der Waals surface area contributed by atoms with E-state index in [1.807, 2.05) is 30.3 Å². The van der Waals surface area contributed by atoms with Crippen molar-refractivity contribution < 1.29 is 14.7 Å². The van der Waals surface area contributed by atoms with Crippen LogP contribution >= 0.6 is 11.8 Å². The number of amidine groups is 1. The molecule has 0 bridgehead atoms. The second kappa shape index (κ2) is 7.80. The second-order valence-electron chi connectivity index (χ2n) is 4.49. The fraction of sp³-hybridized carbons (Fsp3) is 0.357. The van der Waals surface area contributed by atoms with Crippen molar-refractivity contribution >= 4 is 28.7 Å². The van der Waals surface area contributed by atoms with E-state index in [0.717, 1.165) is 11.3 Å². The van der Waals surface area contributed by atoms with Crippen molar-refractivity contribution in [1.82, 2.24) is 10.6 Å². The van der Waals surface area contributed by atoms with Crippen LogP contribution in [0.1, 0.15) is 5.56 Å². The molecule has 0 saturated carbocycles. The molecule has 3 N–H and O–H groups in total. The minimum absolute atomic E-state index is 0.167. The number of amides is 2. The Bertz CT molecular complexity index is 534. The molecule has 0 aromatic heterocycles. The number of aliphatic hydroxyl groups is 1. The SMILES string of the molecule is O=C(Cc1ccccc1)N[C@@H](CO)C(=O)NC1=NCCS1. The highest BCUT2D eigenvalue weighted by molar-refractivity contribution is 8.14. The maximum atomic E-state index is 11.9. The monoisotopic (exact) mass is 307 g/mol. The van der Waals surface area contributed by atoms with Gasteiger partial charge in [0, 0.05) is 5.75 Å². The lowest BCUT2D eigenvalue weighted by atomic mass is 10.1. The second-order valence-corrected chi connectivity index (χ2v) is 5.57. The molecule has 7 heteroatoms. The molecular weight excluding hydrogens is 290 g/mol. The molecule has 1 aliphatic heterocycles. The zero-order valence-corrected chi connectivity index (χ0v) is 12.2. The molecule has 0 saturated heterocycles. The largest absolute Gasteiger partial charge is 0.394 e. The molecule has 2 amide bonds. The number of thioether (sulfide) groups is 1. The number of carbonyl (C=O) groups excluding carboxylic acids is 2. The van der Waals surface area contributed by atoms with Crippen LogP contribution in [0.4, 0.5) is 0 Å². The van der Waals surface area contributed by atoms with Crippen molar-refractivity contribution in [3.8, 4) is 0 Å². The van der Waals surface area contributed by atoms with E-state index in [9.17, 15) is 14.7 Å². The summed E-state index contributed by atoms with van der Waals surface area (Å²) in [6.45, 7) is 0.217. The highest BCUT2D eigenvalue weighted by Gasteiger charge is 2.22. The lowest BCUT2D eigenvalue weighted by Crippen LogP contribution is -2.50. The average Bonchev–Trinajstić information content (AvgIpc) is 2.98. The maximum Gasteiger partial charge on any atom is 0.250 e. The first-order chi connectivity index (χ1) is 10.2. The fourth-order valence-corrected chi connectivity index (χ4v) is 2.56. The van der Waals surface area contributed by atoms with E-state index in [1.54, 1.807) is 0 Å². The normalized spacial score (nSPS) is 15.2. The summed E-state index contributed by atoms with van der Waals surface area (Å²) in [5, 5.41) is 14.9. The van der Waals surface area contributed by atoms with E-state index in [2.05, 4.69) is 15.6 Å². The molecule has 21 heavy (non-hydrogen) atoms. The van der Waals surface area contributed by atoms with Gasteiger partial charge in [-0.2, -0.15) is 0 Å². The quantitative estimate of drug-likeness (QED) is 0.710. The van der Waals surface area contributed by atoms with Crippen molar-refractivity contribution in [3.05, 3.63) is 35.9 Å². The lowest BCUT2D eigenvalue weighted by molar-refractivity contribution is -0.128. The Morgan fingerprint density at radius 2 is 2.10 bits per heavy atom. The van der Waals surface area contributed by atoms with E-state index in [4.69, 9.17) is 0 Å². The third kappa shape index (κ3) is 4.87. The maximum absolute atomic E-state index is 11.9. The molecule has 0 radical (unpaired) electrons. The molecule has 1 heterocycles. The van der Waals surface area contributed by atoms with Crippen LogP contribution in [0, 0.1) is 0 Å². The molecule has 1 aromatic carbocycles. The Morgan fingerprint density at radius 3 is 2.71 bits per heavy atom. The topological polar surface area (TPSA) is 90.8 Å². The van der Waals surface area contributed by atoms with Gasteiger partial charge in [0.15, 0.2) is 5.17 Å². The molecular formula is C14H17N3O3S. The standard InChI is InChI=1S/C14H17N3O3S/c18-9-11(13(20)17-14-15-6-7-21-14)16-12(19)8-10-4-2-1-3-5-10/h1-5,11,18H,6-9H2,(H,16,19)(H,15,17,20)/t11-/m0/s1. The highest BCUT2D eigenvalue weighted by Crippen LogP contribution is 2.09. The molecule has 0 fully saturated rings. The van der Waals surface area contributed by atoms with Crippen LogP contribution in [0.25, 0.3) is 0 Å². The number of rotatable bonds is 5. The third-order valence-corrected chi connectivity index (χ3v) is 3.75. The van der Waals surface area contributed by atoms with Crippen LogP contribution < -0.4 is 10.6 Å². The van der Waals surface area contributed by atoms with Gasteiger partial charge in [0.1, 0.15) is 6.04 Å². The first kappa shape index (κ1) is 15.5. The lowest BCUT2D eigenvalue weighted by Gasteiger charge is -2.16. The van der Waals surface area contributed by atoms with Gasteiger partial charge in [0.25, 0.3) is 5.91 Å².